The summed E-state index contributed by atoms with van der Waals surface area (Å²) in [6.45, 7) is 35.5. The molecule has 0 saturated carbocycles. The van der Waals surface area contributed by atoms with Crippen LogP contribution in [0.1, 0.15) is 127 Å². The Hall–Kier alpha value is -3.13. The number of rotatable bonds is 13. The predicted octanol–water partition coefficient (Wildman–Crippen LogP) is 7.61. The molecule has 0 aromatic heterocycles. The Morgan fingerprint density at radius 2 is 0.897 bits per heavy atom. The number of ether oxygens (including phenoxy) is 3. The standard InChI is InChI=1S/C45H83N7O6/c1-14-47(15-2)30-24-45(46,25-31-48(16-3)17-4)38-22-20-37(21-23-38)36-49-26-18-27-51(40(54)57-43(8,9)10)34-35-52(41(55)58-44(11,12)13)29-19-28-50(33-32-49)39(53)56-42(5,6)7/h20-23H,14-19,24-36,46H2,1-13H3. The molecule has 0 unspecified atom stereocenters. The molecule has 58 heavy (non-hydrogen) atoms. The fraction of sp³-hybridized carbons (Fsp3) is 0.800. The summed E-state index contributed by atoms with van der Waals surface area (Å²) in [5, 5.41) is 0. The number of benzene rings is 1. The molecule has 2 rings (SSSR count). The third-order valence-corrected chi connectivity index (χ3v) is 10.5. The van der Waals surface area contributed by atoms with E-state index in [1.54, 1.807) is 14.7 Å². The largest absolute Gasteiger partial charge is 0.444 e. The lowest BCUT2D eigenvalue weighted by molar-refractivity contribution is 0.0101. The summed E-state index contributed by atoms with van der Waals surface area (Å²) in [6, 6.07) is 8.80. The lowest BCUT2D eigenvalue weighted by atomic mass is 9.83. The Labute approximate surface area is 352 Å². The Balaban J connectivity index is 2.42. The van der Waals surface area contributed by atoms with E-state index in [9.17, 15) is 14.4 Å². The summed E-state index contributed by atoms with van der Waals surface area (Å²) in [4.78, 5) is 52.7. The van der Waals surface area contributed by atoms with Gasteiger partial charge in [-0.15, -0.1) is 0 Å². The van der Waals surface area contributed by atoms with Crippen LogP contribution in [0.5, 0.6) is 0 Å². The molecule has 0 aliphatic carbocycles. The summed E-state index contributed by atoms with van der Waals surface area (Å²) in [5.74, 6) is 0. The highest BCUT2D eigenvalue weighted by molar-refractivity contribution is 5.70. The average Bonchev–Trinajstić information content (AvgIpc) is 3.11. The number of hydrogen-bond acceptors (Lipinski definition) is 10. The molecular weight excluding hydrogens is 735 g/mol. The minimum Gasteiger partial charge on any atom is -0.444 e. The van der Waals surface area contributed by atoms with Crippen molar-refractivity contribution in [3.8, 4) is 0 Å². The van der Waals surface area contributed by atoms with Crippen molar-refractivity contribution in [2.24, 2.45) is 5.73 Å². The molecule has 0 radical (unpaired) electrons. The van der Waals surface area contributed by atoms with Crippen molar-refractivity contribution in [3.05, 3.63) is 35.4 Å². The highest BCUT2D eigenvalue weighted by Crippen LogP contribution is 2.28. The van der Waals surface area contributed by atoms with Gasteiger partial charge in [-0.05, 0) is 125 Å². The van der Waals surface area contributed by atoms with E-state index < -0.39 is 34.5 Å². The number of hydrogen-bond donors (Lipinski definition) is 1. The van der Waals surface area contributed by atoms with Crippen molar-refractivity contribution in [1.29, 1.82) is 0 Å². The van der Waals surface area contributed by atoms with Gasteiger partial charge in [0.2, 0.25) is 0 Å². The van der Waals surface area contributed by atoms with Crippen LogP contribution in [-0.2, 0) is 26.3 Å². The molecule has 1 aromatic rings. The first-order valence-corrected chi connectivity index (χ1v) is 22.0. The molecule has 334 valence electrons. The first-order chi connectivity index (χ1) is 27.0. The van der Waals surface area contributed by atoms with Crippen LogP contribution in [0.4, 0.5) is 14.4 Å². The van der Waals surface area contributed by atoms with E-state index >= 15 is 0 Å². The molecule has 1 fully saturated rings. The van der Waals surface area contributed by atoms with Crippen molar-refractivity contribution >= 4 is 18.3 Å². The SMILES string of the molecule is CCN(CC)CCC(N)(CCN(CC)CC)c1ccc(CN2CCCN(C(=O)OC(C)(C)C)CCN(C(=O)OC(C)(C)C)CCCN(C(=O)OC(C)(C)C)CC2)cc1. The van der Waals surface area contributed by atoms with Crippen molar-refractivity contribution in [2.75, 3.05) is 91.6 Å². The molecule has 1 aliphatic heterocycles. The second-order valence-electron chi connectivity index (χ2n) is 18.8. The van der Waals surface area contributed by atoms with Crippen LogP contribution in [0.2, 0.25) is 0 Å². The molecule has 1 saturated heterocycles. The number of nitrogens with zero attached hydrogens (tertiary/aromatic N) is 6. The molecule has 1 aliphatic rings. The normalized spacial score (nSPS) is 16.4. The fourth-order valence-electron chi connectivity index (χ4n) is 6.98. The quantitative estimate of drug-likeness (QED) is 0.199. The highest BCUT2D eigenvalue weighted by atomic mass is 16.6. The van der Waals surface area contributed by atoms with Gasteiger partial charge in [0.1, 0.15) is 16.8 Å². The van der Waals surface area contributed by atoms with Gasteiger partial charge in [-0.3, -0.25) is 4.90 Å². The Morgan fingerprint density at radius 3 is 1.24 bits per heavy atom. The Kier molecular flexibility index (Phi) is 20.8. The Bertz CT molecular complexity index is 1350. The van der Waals surface area contributed by atoms with Gasteiger partial charge >= 0.3 is 18.3 Å². The molecule has 0 bridgehead atoms. The van der Waals surface area contributed by atoms with Crippen LogP contribution in [0.25, 0.3) is 0 Å². The average molecular weight is 818 g/mol. The summed E-state index contributed by atoms with van der Waals surface area (Å²) in [5.41, 5.74) is 7.18. The smallest absolute Gasteiger partial charge is 0.410 e. The number of carbonyl (C=O) groups excluding carboxylic acids is 3. The number of carbonyl (C=O) groups is 3. The maximum Gasteiger partial charge on any atom is 0.410 e. The lowest BCUT2D eigenvalue weighted by Gasteiger charge is -2.35. The van der Waals surface area contributed by atoms with Crippen LogP contribution in [-0.4, -0.2) is 156 Å². The zero-order valence-corrected chi connectivity index (χ0v) is 39.0. The minimum atomic E-state index is -0.683. The second kappa shape index (κ2) is 23.6. The van der Waals surface area contributed by atoms with Crippen molar-refractivity contribution < 1.29 is 28.6 Å². The minimum absolute atomic E-state index is 0.267. The van der Waals surface area contributed by atoms with Crippen LogP contribution in [0.3, 0.4) is 0 Å². The van der Waals surface area contributed by atoms with Crippen LogP contribution in [0, 0.1) is 0 Å². The maximum absolute atomic E-state index is 13.6. The van der Waals surface area contributed by atoms with Gasteiger partial charge < -0.3 is 44.4 Å². The van der Waals surface area contributed by atoms with Gasteiger partial charge in [0, 0.05) is 77.5 Å². The molecule has 0 atom stereocenters. The van der Waals surface area contributed by atoms with E-state index in [1.807, 2.05) is 62.3 Å². The monoisotopic (exact) mass is 818 g/mol. The van der Waals surface area contributed by atoms with Gasteiger partial charge in [-0.25, -0.2) is 14.4 Å². The van der Waals surface area contributed by atoms with E-state index in [1.165, 1.54) is 0 Å². The van der Waals surface area contributed by atoms with Crippen LogP contribution < -0.4 is 5.73 Å². The summed E-state index contributed by atoms with van der Waals surface area (Å²) < 4.78 is 17.4. The first kappa shape index (κ1) is 51.0. The van der Waals surface area contributed by atoms with Gasteiger partial charge in [-0.1, -0.05) is 52.0 Å². The molecule has 0 spiro atoms. The first-order valence-electron chi connectivity index (χ1n) is 22.0. The second-order valence-corrected chi connectivity index (χ2v) is 18.8. The van der Waals surface area contributed by atoms with Gasteiger partial charge in [0.05, 0.1) is 0 Å². The van der Waals surface area contributed by atoms with Crippen molar-refractivity contribution in [1.82, 2.24) is 29.4 Å². The van der Waals surface area contributed by atoms with E-state index in [2.05, 4.69) is 66.7 Å². The summed E-state index contributed by atoms with van der Waals surface area (Å²) >= 11 is 0. The van der Waals surface area contributed by atoms with E-state index in [4.69, 9.17) is 19.9 Å². The fourth-order valence-corrected chi connectivity index (χ4v) is 6.98. The zero-order valence-electron chi connectivity index (χ0n) is 39.0. The number of nitrogens with two attached hydrogens (primary N) is 1. The molecule has 2 N–H and O–H groups in total. The van der Waals surface area contributed by atoms with Gasteiger partial charge in [0.25, 0.3) is 0 Å². The lowest BCUT2D eigenvalue weighted by Crippen LogP contribution is -2.47. The zero-order chi connectivity index (χ0) is 43.7. The molecule has 1 aromatic carbocycles. The van der Waals surface area contributed by atoms with Gasteiger partial charge in [-0.2, -0.15) is 0 Å². The van der Waals surface area contributed by atoms with Crippen molar-refractivity contribution in [2.45, 2.75) is 145 Å². The van der Waals surface area contributed by atoms with Crippen LogP contribution >= 0.6 is 0 Å². The van der Waals surface area contributed by atoms with E-state index in [0.717, 1.165) is 63.2 Å². The van der Waals surface area contributed by atoms with Crippen LogP contribution in [0.15, 0.2) is 24.3 Å². The van der Waals surface area contributed by atoms with E-state index in [-0.39, 0.29) is 19.2 Å². The topological polar surface area (TPSA) is 124 Å². The Morgan fingerprint density at radius 1 is 0.552 bits per heavy atom. The summed E-state index contributed by atoms with van der Waals surface area (Å²) in [7, 11) is 0. The molecule has 3 amide bonds. The molecule has 1 heterocycles. The molecule has 13 heteroatoms. The van der Waals surface area contributed by atoms with E-state index in [0.29, 0.717) is 58.7 Å². The van der Waals surface area contributed by atoms with Crippen molar-refractivity contribution in [3.63, 3.8) is 0 Å². The summed E-state index contributed by atoms with van der Waals surface area (Å²) in [6.07, 6.45) is 1.70. The molecular formula is C45H83N7O6. The third-order valence-electron chi connectivity index (χ3n) is 10.5. The maximum atomic E-state index is 13.6. The highest BCUT2D eigenvalue weighted by Gasteiger charge is 2.30. The third kappa shape index (κ3) is 19.3. The number of amides is 3. The predicted molar refractivity (Wildman–Crippen MR) is 235 cm³/mol. The molecule has 13 nitrogen and oxygen atoms in total. The van der Waals surface area contributed by atoms with Gasteiger partial charge in [0.15, 0.2) is 0 Å².